The van der Waals surface area contributed by atoms with Crippen LogP contribution in [0.25, 0.3) is 5.57 Å². The van der Waals surface area contributed by atoms with Crippen LogP contribution in [0.4, 0.5) is 5.69 Å². The van der Waals surface area contributed by atoms with Gasteiger partial charge in [0, 0.05) is 37.8 Å². The molecular weight excluding hydrogens is 583 g/mol. The number of hydrogen-bond acceptors (Lipinski definition) is 3. The lowest BCUT2D eigenvalue weighted by molar-refractivity contribution is 0.346. The van der Waals surface area contributed by atoms with Crippen molar-refractivity contribution in [2.45, 2.75) is 107 Å². The largest absolute Gasteiger partial charge is 0.359 e. The average Bonchev–Trinajstić information content (AvgIpc) is 3.47. The first-order valence-corrected chi connectivity index (χ1v) is 19.2. The first-order valence-electron chi connectivity index (χ1n) is 17.5. The summed E-state index contributed by atoms with van der Waals surface area (Å²) >= 11 is 4.19. The summed E-state index contributed by atoms with van der Waals surface area (Å²) in [5.41, 5.74) is 13.3. The first kappa shape index (κ1) is 29.8. The number of fused-ring (bicyclic) bond motifs is 9. The second-order valence-electron chi connectivity index (χ2n) is 14.6. The highest BCUT2D eigenvalue weighted by Gasteiger charge is 2.43. The number of thioether (sulfide) groups is 2. The van der Waals surface area contributed by atoms with Crippen LogP contribution < -0.4 is 5.32 Å². The summed E-state index contributed by atoms with van der Waals surface area (Å²) in [4.78, 5) is 4.65. The van der Waals surface area contributed by atoms with Crippen molar-refractivity contribution in [3.05, 3.63) is 122 Å². The van der Waals surface area contributed by atoms with Gasteiger partial charge in [-0.25, -0.2) is 0 Å². The van der Waals surface area contributed by atoms with E-state index >= 15 is 0 Å². The number of nitrogens with one attached hydrogen (secondary N) is 1. The molecule has 8 rings (SSSR count). The van der Waals surface area contributed by atoms with Crippen LogP contribution in [0.15, 0.2) is 110 Å². The Morgan fingerprint density at radius 2 is 1.93 bits per heavy atom. The Morgan fingerprint density at radius 3 is 2.82 bits per heavy atom. The maximum Gasteiger partial charge on any atom is 0.0388 e. The molecule has 232 valence electrons. The zero-order chi connectivity index (χ0) is 30.7. The highest BCUT2D eigenvalue weighted by atomic mass is 32.2. The molecule has 4 atom stereocenters. The molecular formula is C42H47NS2. The van der Waals surface area contributed by atoms with E-state index in [1.807, 2.05) is 11.8 Å². The van der Waals surface area contributed by atoms with E-state index in [9.17, 15) is 0 Å². The molecule has 2 aromatic rings. The van der Waals surface area contributed by atoms with Crippen molar-refractivity contribution < 1.29 is 0 Å². The van der Waals surface area contributed by atoms with Crippen LogP contribution in [0.2, 0.25) is 0 Å². The Labute approximate surface area is 279 Å². The van der Waals surface area contributed by atoms with Gasteiger partial charge in [0.05, 0.1) is 0 Å². The number of allylic oxidation sites excluding steroid dienone is 10. The lowest BCUT2D eigenvalue weighted by Crippen LogP contribution is -2.21. The van der Waals surface area contributed by atoms with Gasteiger partial charge in [-0.15, -0.1) is 11.8 Å². The molecule has 0 aromatic heterocycles. The molecule has 3 unspecified atom stereocenters. The lowest BCUT2D eigenvalue weighted by atomic mass is 9.75. The molecule has 1 N–H and O–H groups in total. The summed E-state index contributed by atoms with van der Waals surface area (Å²) in [6.45, 7) is 9.46. The second-order valence-corrected chi connectivity index (χ2v) is 16.9. The van der Waals surface area contributed by atoms with E-state index in [4.69, 9.17) is 0 Å². The highest BCUT2D eigenvalue weighted by molar-refractivity contribution is 8.04. The summed E-state index contributed by atoms with van der Waals surface area (Å²) in [5, 5.41) is 4.52. The predicted octanol–water partition coefficient (Wildman–Crippen LogP) is 12.5. The van der Waals surface area contributed by atoms with E-state index in [1.54, 1.807) is 21.6 Å². The fourth-order valence-corrected chi connectivity index (χ4v) is 12.3. The standard InChI is InChI=1S/C42H47NS2/c1-5-11-27(31-14-10-15-33-32-13-7-9-17-38(32)45-41(31)33)19-18-26(2)43-29-21-23-35-34(25-29)40-36(42(35,3)4)22-20-28-24-39(40)44-37-16-8-6-12-30(28)37/h6,8-9,12,16-19,21,23-25,28,32-33,38,43H,5,7,10-11,13-15,20,22H2,1-4H3/b26-18+,27-19+/t28?,32-,33?,38?/m1/s1. The maximum absolute atomic E-state index is 3.81. The van der Waals surface area contributed by atoms with Crippen molar-refractivity contribution in [2.75, 3.05) is 5.32 Å². The van der Waals surface area contributed by atoms with Gasteiger partial charge >= 0.3 is 0 Å². The topological polar surface area (TPSA) is 12.0 Å². The molecule has 0 radical (unpaired) electrons. The van der Waals surface area contributed by atoms with Crippen molar-refractivity contribution >= 4 is 34.8 Å². The van der Waals surface area contributed by atoms with E-state index in [-0.39, 0.29) is 5.41 Å². The minimum absolute atomic E-state index is 0.0647. The summed E-state index contributed by atoms with van der Waals surface area (Å²) in [6.07, 6.45) is 23.7. The monoisotopic (exact) mass is 629 g/mol. The number of hydrogen-bond donors (Lipinski definition) is 1. The molecule has 45 heavy (non-hydrogen) atoms. The van der Waals surface area contributed by atoms with Gasteiger partial charge in [-0.1, -0.05) is 93.1 Å². The smallest absolute Gasteiger partial charge is 0.0388 e. The van der Waals surface area contributed by atoms with Crippen molar-refractivity contribution in [3.63, 3.8) is 0 Å². The lowest BCUT2D eigenvalue weighted by Gasteiger charge is -2.29. The molecule has 0 saturated carbocycles. The van der Waals surface area contributed by atoms with Crippen LogP contribution in [0, 0.1) is 11.8 Å². The zero-order valence-corrected chi connectivity index (χ0v) is 29.1. The average molecular weight is 630 g/mol. The summed E-state index contributed by atoms with van der Waals surface area (Å²) in [5.74, 6) is 2.19. The van der Waals surface area contributed by atoms with Crippen LogP contribution >= 0.6 is 23.5 Å². The van der Waals surface area contributed by atoms with Crippen molar-refractivity contribution in [3.8, 4) is 0 Å². The van der Waals surface area contributed by atoms with Crippen molar-refractivity contribution in [1.29, 1.82) is 0 Å². The molecule has 0 amide bonds. The third-order valence-corrected chi connectivity index (χ3v) is 14.1. The van der Waals surface area contributed by atoms with Crippen LogP contribution in [0.5, 0.6) is 0 Å². The molecule has 2 bridgehead atoms. The quantitative estimate of drug-likeness (QED) is 0.252. The molecule has 1 nitrogen and oxygen atoms in total. The normalized spacial score (nSPS) is 28.1. The number of benzene rings is 2. The van der Waals surface area contributed by atoms with Gasteiger partial charge in [0.25, 0.3) is 0 Å². The van der Waals surface area contributed by atoms with Crippen LogP contribution in [-0.4, -0.2) is 5.25 Å². The molecule has 2 heterocycles. The fourth-order valence-electron chi connectivity index (χ4n) is 9.20. The van der Waals surface area contributed by atoms with E-state index in [1.165, 1.54) is 94.8 Å². The molecule has 2 aromatic carbocycles. The fraction of sp³-hybridized carbons (Fsp3) is 0.429. The van der Waals surface area contributed by atoms with Gasteiger partial charge in [-0.05, 0) is 133 Å². The van der Waals surface area contributed by atoms with Crippen LogP contribution in [0.1, 0.15) is 108 Å². The van der Waals surface area contributed by atoms with E-state index in [0.717, 1.165) is 18.3 Å². The highest BCUT2D eigenvalue weighted by Crippen LogP contribution is 2.59. The third kappa shape index (κ3) is 5.17. The Balaban J connectivity index is 1.08. The minimum Gasteiger partial charge on any atom is -0.359 e. The third-order valence-electron chi connectivity index (χ3n) is 11.4. The van der Waals surface area contributed by atoms with Gasteiger partial charge in [-0.2, -0.15) is 0 Å². The Morgan fingerprint density at radius 1 is 1.04 bits per heavy atom. The van der Waals surface area contributed by atoms with Gasteiger partial charge in [0.1, 0.15) is 0 Å². The number of anilines is 1. The SMILES string of the molecule is CCC/C(=C\C=C(/C)Nc1ccc2c(c1)C1=C(CCC3C=C1Sc1ccccc13)C2(C)C)C1=C2SC3C=CCC[C@@H]3C2CCC1. The molecule has 1 saturated heterocycles. The zero-order valence-electron chi connectivity index (χ0n) is 27.4. The second kappa shape index (κ2) is 11.9. The van der Waals surface area contributed by atoms with Crippen molar-refractivity contribution in [1.82, 2.24) is 0 Å². The summed E-state index contributed by atoms with van der Waals surface area (Å²) in [7, 11) is 0. The van der Waals surface area contributed by atoms with Crippen LogP contribution in [0.3, 0.4) is 0 Å². The Bertz CT molecular complexity index is 1730. The van der Waals surface area contributed by atoms with Crippen molar-refractivity contribution in [2.24, 2.45) is 11.8 Å². The van der Waals surface area contributed by atoms with Gasteiger partial charge in [0.2, 0.25) is 0 Å². The Hall–Kier alpha value is -2.62. The first-order chi connectivity index (χ1) is 21.9. The van der Waals surface area contributed by atoms with Gasteiger partial charge in [-0.3, -0.25) is 0 Å². The summed E-state index contributed by atoms with van der Waals surface area (Å²) in [6, 6.07) is 16.2. The molecule has 4 aliphatic carbocycles. The van der Waals surface area contributed by atoms with E-state index < -0.39 is 0 Å². The van der Waals surface area contributed by atoms with Crippen LogP contribution in [-0.2, 0) is 5.41 Å². The summed E-state index contributed by atoms with van der Waals surface area (Å²) < 4.78 is 0. The molecule has 3 heteroatoms. The minimum atomic E-state index is 0.0647. The van der Waals surface area contributed by atoms with E-state index in [0.29, 0.717) is 11.2 Å². The van der Waals surface area contributed by atoms with E-state index in [2.05, 4.69) is 118 Å². The molecule has 1 fully saturated rings. The van der Waals surface area contributed by atoms with Gasteiger partial charge < -0.3 is 5.32 Å². The molecule has 0 spiro atoms. The molecule has 2 aliphatic heterocycles. The number of rotatable bonds is 6. The predicted molar refractivity (Wildman–Crippen MR) is 197 cm³/mol. The molecule has 6 aliphatic rings. The maximum atomic E-state index is 3.81. The van der Waals surface area contributed by atoms with Gasteiger partial charge in [0.15, 0.2) is 0 Å². The Kier molecular flexibility index (Phi) is 7.85.